The van der Waals surface area contributed by atoms with Gasteiger partial charge in [0.25, 0.3) is 0 Å². The van der Waals surface area contributed by atoms with Gasteiger partial charge in [0.15, 0.2) is 0 Å². The molecule has 1 aromatic rings. The Bertz CT molecular complexity index is 363. The Balaban J connectivity index is 1.54. The van der Waals surface area contributed by atoms with E-state index in [0.29, 0.717) is 11.4 Å². The smallest absolute Gasteiger partial charge is 0.0900 e. The van der Waals surface area contributed by atoms with Crippen LogP contribution in [0, 0.1) is 0 Å². The van der Waals surface area contributed by atoms with Crippen LogP contribution in [0.5, 0.6) is 0 Å². The molecule has 0 spiro atoms. The van der Waals surface area contributed by atoms with Gasteiger partial charge in [-0.25, -0.2) is 0 Å². The molecule has 1 aromatic carbocycles. The molecular weight excluding hydrogens is 280 g/mol. The predicted octanol–water partition coefficient (Wildman–Crippen LogP) is 3.71. The Morgan fingerprint density at radius 2 is 2.06 bits per heavy atom. The summed E-state index contributed by atoms with van der Waals surface area (Å²) in [6, 6.07) is 11.0. The molecule has 0 saturated carbocycles. The molecule has 0 aromatic heterocycles. The average molecular weight is 298 g/mol. The number of hydrogen-bond donors (Lipinski definition) is 0. The van der Waals surface area contributed by atoms with E-state index in [4.69, 9.17) is 4.74 Å². The third-order valence-electron chi connectivity index (χ3n) is 3.11. The third-order valence-corrected chi connectivity index (χ3v) is 7.68. The van der Waals surface area contributed by atoms with Crippen molar-refractivity contribution < 1.29 is 4.74 Å². The number of thioether (sulfide) groups is 3. The van der Waals surface area contributed by atoms with Gasteiger partial charge in [-0.3, -0.25) is 0 Å². The Kier molecular flexibility index (Phi) is 4.85. The molecule has 2 fully saturated rings. The normalized spacial score (nSPS) is 24.6. The van der Waals surface area contributed by atoms with E-state index in [1.54, 1.807) is 0 Å². The van der Waals surface area contributed by atoms with Crippen LogP contribution in [0.15, 0.2) is 30.3 Å². The molecule has 0 aliphatic carbocycles. The first-order valence-electron chi connectivity index (χ1n) is 6.39. The minimum absolute atomic E-state index is 0.552. The molecule has 0 bridgehead atoms. The maximum Gasteiger partial charge on any atom is 0.0900 e. The second-order valence-corrected chi connectivity index (χ2v) is 8.35. The van der Waals surface area contributed by atoms with Gasteiger partial charge in [0.2, 0.25) is 0 Å². The lowest BCUT2D eigenvalue weighted by Crippen LogP contribution is -2.22. The van der Waals surface area contributed by atoms with E-state index in [2.05, 4.69) is 65.6 Å². The molecule has 2 saturated heterocycles. The highest BCUT2D eigenvalue weighted by atomic mass is 32.2. The van der Waals surface area contributed by atoms with Crippen molar-refractivity contribution in [2.45, 2.75) is 16.6 Å². The first kappa shape index (κ1) is 13.2. The van der Waals surface area contributed by atoms with Gasteiger partial charge in [-0.1, -0.05) is 30.3 Å². The molecule has 2 aliphatic rings. The van der Waals surface area contributed by atoms with Gasteiger partial charge >= 0.3 is 0 Å². The highest BCUT2D eigenvalue weighted by Crippen LogP contribution is 2.41. The lowest BCUT2D eigenvalue weighted by atomic mass is 10.2. The van der Waals surface area contributed by atoms with E-state index in [1.807, 2.05) is 0 Å². The van der Waals surface area contributed by atoms with E-state index in [1.165, 1.54) is 28.6 Å². The minimum atomic E-state index is 0.552. The van der Waals surface area contributed by atoms with E-state index in [0.717, 1.165) is 11.9 Å². The van der Waals surface area contributed by atoms with Crippen LogP contribution < -0.4 is 0 Å². The maximum atomic E-state index is 5.28. The molecule has 0 amide bonds. The SMILES string of the molecule is c1ccc(C(CSCC2CO2)SC2CSC2)cc1. The third kappa shape index (κ3) is 3.86. The molecule has 2 unspecified atom stereocenters. The van der Waals surface area contributed by atoms with Crippen LogP contribution in [-0.4, -0.2) is 41.0 Å². The summed E-state index contributed by atoms with van der Waals surface area (Å²) in [5.41, 5.74) is 1.49. The van der Waals surface area contributed by atoms with Crippen molar-refractivity contribution in [1.29, 1.82) is 0 Å². The van der Waals surface area contributed by atoms with Gasteiger partial charge in [-0.2, -0.15) is 23.5 Å². The zero-order chi connectivity index (χ0) is 12.2. The fourth-order valence-electron chi connectivity index (χ4n) is 1.88. The molecule has 98 valence electrons. The lowest BCUT2D eigenvalue weighted by Gasteiger charge is -2.29. The fourth-order valence-corrected chi connectivity index (χ4v) is 5.89. The second-order valence-electron chi connectivity index (χ2n) is 4.69. The lowest BCUT2D eigenvalue weighted by molar-refractivity contribution is 0.426. The van der Waals surface area contributed by atoms with Crippen LogP contribution in [0.25, 0.3) is 0 Å². The topological polar surface area (TPSA) is 12.5 Å². The highest BCUT2D eigenvalue weighted by molar-refractivity contribution is 8.08. The average Bonchev–Trinajstić information content (AvgIpc) is 3.16. The summed E-state index contributed by atoms with van der Waals surface area (Å²) in [4.78, 5) is 0. The zero-order valence-corrected chi connectivity index (χ0v) is 12.7. The summed E-state index contributed by atoms with van der Waals surface area (Å²) in [5.74, 6) is 5.06. The molecule has 3 rings (SSSR count). The monoisotopic (exact) mass is 298 g/mol. The molecule has 18 heavy (non-hydrogen) atoms. The standard InChI is InChI=1S/C14H18OS3/c1-2-4-11(5-3-1)14(18-13-8-17-9-13)10-16-7-12-6-15-12/h1-5,12-14H,6-10H2. The minimum Gasteiger partial charge on any atom is -0.372 e. The Morgan fingerprint density at radius 3 is 2.67 bits per heavy atom. The quantitative estimate of drug-likeness (QED) is 0.711. The highest BCUT2D eigenvalue weighted by Gasteiger charge is 2.26. The van der Waals surface area contributed by atoms with Crippen LogP contribution in [-0.2, 0) is 4.74 Å². The van der Waals surface area contributed by atoms with Gasteiger partial charge in [-0.05, 0) is 5.56 Å². The van der Waals surface area contributed by atoms with Crippen LogP contribution in [0.2, 0.25) is 0 Å². The van der Waals surface area contributed by atoms with Crippen molar-refractivity contribution in [3.05, 3.63) is 35.9 Å². The van der Waals surface area contributed by atoms with Crippen LogP contribution in [0.4, 0.5) is 0 Å². The number of ether oxygens (including phenoxy) is 1. The summed E-state index contributed by atoms with van der Waals surface area (Å²) < 4.78 is 5.28. The molecule has 2 atom stereocenters. The van der Waals surface area contributed by atoms with Crippen molar-refractivity contribution in [3.8, 4) is 0 Å². The Morgan fingerprint density at radius 1 is 1.28 bits per heavy atom. The molecule has 1 nitrogen and oxygen atoms in total. The van der Waals surface area contributed by atoms with Gasteiger partial charge < -0.3 is 4.74 Å². The number of hydrogen-bond acceptors (Lipinski definition) is 4. The fraction of sp³-hybridized carbons (Fsp3) is 0.571. The van der Waals surface area contributed by atoms with Crippen molar-refractivity contribution in [2.75, 3.05) is 29.6 Å². The van der Waals surface area contributed by atoms with Crippen molar-refractivity contribution in [2.24, 2.45) is 0 Å². The Labute approximate surface area is 122 Å². The summed E-state index contributed by atoms with van der Waals surface area (Å²) in [6.45, 7) is 0.982. The molecule has 0 radical (unpaired) electrons. The first-order valence-corrected chi connectivity index (χ1v) is 9.64. The molecular formula is C14H18OS3. The predicted molar refractivity (Wildman–Crippen MR) is 85.0 cm³/mol. The van der Waals surface area contributed by atoms with Crippen LogP contribution >= 0.6 is 35.3 Å². The maximum absolute atomic E-state index is 5.28. The number of rotatable bonds is 7. The van der Waals surface area contributed by atoms with Gasteiger partial charge in [0.05, 0.1) is 12.7 Å². The van der Waals surface area contributed by atoms with Gasteiger partial charge in [-0.15, -0.1) is 11.8 Å². The largest absolute Gasteiger partial charge is 0.372 e. The first-order chi connectivity index (χ1) is 8.92. The van der Waals surface area contributed by atoms with Crippen molar-refractivity contribution >= 4 is 35.3 Å². The van der Waals surface area contributed by atoms with E-state index in [-0.39, 0.29) is 0 Å². The summed E-state index contributed by atoms with van der Waals surface area (Å²) in [6.07, 6.45) is 0.552. The zero-order valence-electron chi connectivity index (χ0n) is 10.3. The van der Waals surface area contributed by atoms with Gasteiger partial charge in [0, 0.05) is 33.5 Å². The molecule has 2 aliphatic heterocycles. The van der Waals surface area contributed by atoms with Crippen molar-refractivity contribution in [1.82, 2.24) is 0 Å². The number of benzene rings is 1. The molecule has 2 heterocycles. The van der Waals surface area contributed by atoms with Crippen LogP contribution in [0.3, 0.4) is 0 Å². The van der Waals surface area contributed by atoms with E-state index in [9.17, 15) is 0 Å². The molecule has 0 N–H and O–H groups in total. The summed E-state index contributed by atoms with van der Waals surface area (Å²) in [7, 11) is 0. The second kappa shape index (κ2) is 6.60. The van der Waals surface area contributed by atoms with Crippen molar-refractivity contribution in [3.63, 3.8) is 0 Å². The number of epoxide rings is 1. The Hall–Kier alpha value is 0.230. The van der Waals surface area contributed by atoms with E-state index < -0.39 is 0 Å². The summed E-state index contributed by atoms with van der Waals surface area (Å²) in [5, 5.41) is 1.53. The molecule has 4 heteroatoms. The van der Waals surface area contributed by atoms with E-state index >= 15 is 0 Å². The summed E-state index contributed by atoms with van der Waals surface area (Å²) >= 11 is 6.30. The van der Waals surface area contributed by atoms with Crippen LogP contribution in [0.1, 0.15) is 10.8 Å². The van der Waals surface area contributed by atoms with Gasteiger partial charge in [0.1, 0.15) is 0 Å².